The van der Waals surface area contributed by atoms with Crippen LogP contribution in [0.2, 0.25) is 0 Å². The van der Waals surface area contributed by atoms with Crippen molar-refractivity contribution in [1.82, 2.24) is 14.9 Å². The molecule has 0 saturated carbocycles. The van der Waals surface area contributed by atoms with Crippen LogP contribution in [0.4, 0.5) is 0 Å². The topological polar surface area (TPSA) is 37.8 Å². The van der Waals surface area contributed by atoms with Crippen LogP contribution in [-0.2, 0) is 6.42 Å². The Hall–Kier alpha value is -0.780. The van der Waals surface area contributed by atoms with Crippen molar-refractivity contribution in [2.24, 2.45) is 0 Å². The van der Waals surface area contributed by atoms with Gasteiger partial charge in [0.2, 0.25) is 0 Å². The van der Waals surface area contributed by atoms with Gasteiger partial charge in [-0.1, -0.05) is 46.4 Å². The summed E-state index contributed by atoms with van der Waals surface area (Å²) in [7, 11) is 1.99. The Morgan fingerprint density at radius 3 is 2.79 bits per heavy atom. The number of hydrogen-bond donors (Lipinski definition) is 1. The third-order valence-electron chi connectivity index (χ3n) is 3.08. The van der Waals surface area contributed by atoms with E-state index in [1.54, 1.807) is 0 Å². The molecule has 1 unspecified atom stereocenters. The summed E-state index contributed by atoms with van der Waals surface area (Å²) in [5, 5.41) is 7.65. The van der Waals surface area contributed by atoms with Crippen molar-refractivity contribution in [1.29, 1.82) is 0 Å². The lowest BCUT2D eigenvalue weighted by molar-refractivity contribution is 0.589. The maximum absolute atomic E-state index is 4.26. The van der Waals surface area contributed by atoms with Gasteiger partial charge in [0.1, 0.15) is 0 Å². The quantitative estimate of drug-likeness (QED) is 0.896. The molecule has 2 rings (SSSR count). The summed E-state index contributed by atoms with van der Waals surface area (Å²) in [5.74, 6) is 0.409. The molecule has 0 fully saturated rings. The van der Waals surface area contributed by atoms with E-state index in [1.807, 2.05) is 13.1 Å². The first-order chi connectivity index (χ1) is 9.11. The van der Waals surface area contributed by atoms with Gasteiger partial charge in [-0.15, -0.1) is 5.10 Å². The molecular weight excluding hydrogens is 322 g/mol. The van der Waals surface area contributed by atoms with E-state index in [9.17, 15) is 0 Å². The molecule has 0 bridgehead atoms. The van der Waals surface area contributed by atoms with E-state index in [1.165, 1.54) is 22.0 Å². The Morgan fingerprint density at radius 2 is 2.16 bits per heavy atom. The zero-order chi connectivity index (χ0) is 13.8. The van der Waals surface area contributed by atoms with Crippen molar-refractivity contribution in [3.05, 3.63) is 44.9 Å². The minimum absolute atomic E-state index is 0.270. The van der Waals surface area contributed by atoms with Crippen molar-refractivity contribution < 1.29 is 0 Å². The Bertz CT molecular complexity index is 539. The third-order valence-corrected chi connectivity index (χ3v) is 4.43. The summed E-state index contributed by atoms with van der Waals surface area (Å²) in [5.41, 5.74) is 2.41. The van der Waals surface area contributed by atoms with E-state index in [-0.39, 0.29) is 6.04 Å². The molecule has 0 aliphatic carbocycles. The Labute approximate surface area is 126 Å². The van der Waals surface area contributed by atoms with Gasteiger partial charge in [-0.25, -0.2) is 0 Å². The van der Waals surface area contributed by atoms with Gasteiger partial charge in [0.25, 0.3) is 0 Å². The zero-order valence-corrected chi connectivity index (χ0v) is 13.8. The van der Waals surface area contributed by atoms with Gasteiger partial charge < -0.3 is 5.32 Å². The van der Waals surface area contributed by atoms with Crippen LogP contribution in [0.25, 0.3) is 0 Å². The fraction of sp³-hybridized carbons (Fsp3) is 0.429. The Morgan fingerprint density at radius 1 is 1.37 bits per heavy atom. The molecule has 1 atom stereocenters. The summed E-state index contributed by atoms with van der Waals surface area (Å²) in [6.45, 7) is 4.32. The maximum atomic E-state index is 4.26. The van der Waals surface area contributed by atoms with Gasteiger partial charge in [-0.05, 0) is 48.6 Å². The van der Waals surface area contributed by atoms with Crippen LogP contribution < -0.4 is 5.32 Å². The lowest BCUT2D eigenvalue weighted by Gasteiger charge is -2.16. The minimum atomic E-state index is 0.270. The number of benzene rings is 1. The normalized spacial score (nSPS) is 12.9. The molecule has 102 valence electrons. The summed E-state index contributed by atoms with van der Waals surface area (Å²) >= 11 is 5.02. The first kappa shape index (κ1) is 14.6. The SMILES string of the molecule is CNC(Cc1cccc(Br)c1)c1snnc1C(C)C. The van der Waals surface area contributed by atoms with Gasteiger partial charge in [-0.3, -0.25) is 0 Å². The first-order valence-corrected chi connectivity index (χ1v) is 7.92. The van der Waals surface area contributed by atoms with E-state index in [2.05, 4.69) is 62.9 Å². The van der Waals surface area contributed by atoms with Gasteiger partial charge in [0.15, 0.2) is 0 Å². The second kappa shape index (κ2) is 6.59. The van der Waals surface area contributed by atoms with Crippen LogP contribution in [0.3, 0.4) is 0 Å². The number of aromatic nitrogens is 2. The molecule has 0 aliphatic rings. The summed E-state index contributed by atoms with van der Waals surface area (Å²) in [4.78, 5) is 1.25. The molecule has 0 amide bonds. The van der Waals surface area contributed by atoms with Crippen molar-refractivity contribution in [2.75, 3.05) is 7.05 Å². The van der Waals surface area contributed by atoms with Crippen LogP contribution in [0.15, 0.2) is 28.7 Å². The molecule has 3 nitrogen and oxygen atoms in total. The lowest BCUT2D eigenvalue weighted by Crippen LogP contribution is -2.19. The van der Waals surface area contributed by atoms with Gasteiger partial charge in [-0.2, -0.15) is 0 Å². The molecular formula is C14H18BrN3S. The van der Waals surface area contributed by atoms with Gasteiger partial charge >= 0.3 is 0 Å². The van der Waals surface area contributed by atoms with E-state index in [0.29, 0.717) is 5.92 Å². The molecule has 19 heavy (non-hydrogen) atoms. The molecule has 1 aromatic heterocycles. The Kier molecular flexibility index (Phi) is 5.07. The number of hydrogen-bond acceptors (Lipinski definition) is 4. The molecule has 0 spiro atoms. The molecule has 0 saturated heterocycles. The molecule has 1 aromatic carbocycles. The first-order valence-electron chi connectivity index (χ1n) is 6.35. The van der Waals surface area contributed by atoms with Crippen molar-refractivity contribution in [3.8, 4) is 0 Å². The number of rotatable bonds is 5. The smallest absolute Gasteiger partial charge is 0.0829 e. The van der Waals surface area contributed by atoms with Crippen LogP contribution in [-0.4, -0.2) is 16.6 Å². The number of nitrogens with zero attached hydrogens (tertiary/aromatic N) is 2. The number of nitrogens with one attached hydrogen (secondary N) is 1. The van der Waals surface area contributed by atoms with Crippen LogP contribution in [0, 0.1) is 0 Å². The monoisotopic (exact) mass is 339 g/mol. The highest BCUT2D eigenvalue weighted by atomic mass is 79.9. The van der Waals surface area contributed by atoms with Crippen LogP contribution in [0.1, 0.15) is 41.9 Å². The molecule has 1 N–H and O–H groups in total. The minimum Gasteiger partial charge on any atom is -0.312 e. The maximum Gasteiger partial charge on any atom is 0.0829 e. The van der Waals surface area contributed by atoms with E-state index in [0.717, 1.165) is 16.6 Å². The summed E-state index contributed by atoms with van der Waals surface area (Å²) in [6.07, 6.45) is 0.944. The standard InChI is InChI=1S/C14H18BrN3S/c1-9(2)13-14(19-18-17-13)12(16-3)8-10-5-4-6-11(15)7-10/h4-7,9,12,16H,8H2,1-3H3. The van der Waals surface area contributed by atoms with E-state index >= 15 is 0 Å². The highest BCUT2D eigenvalue weighted by Crippen LogP contribution is 2.28. The number of halogens is 1. The lowest BCUT2D eigenvalue weighted by atomic mass is 10.0. The van der Waals surface area contributed by atoms with Crippen LogP contribution in [0.5, 0.6) is 0 Å². The fourth-order valence-electron chi connectivity index (χ4n) is 2.07. The molecule has 0 radical (unpaired) electrons. The summed E-state index contributed by atoms with van der Waals surface area (Å²) < 4.78 is 5.23. The Balaban J connectivity index is 2.23. The average Bonchev–Trinajstić information content (AvgIpc) is 2.85. The molecule has 1 heterocycles. The number of likely N-dealkylation sites (N-methyl/N-ethyl adjacent to an activating group) is 1. The largest absolute Gasteiger partial charge is 0.312 e. The molecule has 0 aliphatic heterocycles. The molecule has 2 aromatic rings. The third kappa shape index (κ3) is 3.61. The predicted molar refractivity (Wildman–Crippen MR) is 83.6 cm³/mol. The van der Waals surface area contributed by atoms with Gasteiger partial charge in [0, 0.05) is 10.5 Å². The fourth-order valence-corrected chi connectivity index (χ4v) is 3.43. The highest BCUT2D eigenvalue weighted by Gasteiger charge is 2.20. The van der Waals surface area contributed by atoms with E-state index in [4.69, 9.17) is 0 Å². The second-order valence-electron chi connectivity index (χ2n) is 4.85. The second-order valence-corrected chi connectivity index (χ2v) is 6.55. The predicted octanol–water partition coefficient (Wildman–Crippen LogP) is 3.93. The summed E-state index contributed by atoms with van der Waals surface area (Å²) in [6, 6.07) is 8.70. The van der Waals surface area contributed by atoms with Gasteiger partial charge in [0.05, 0.1) is 10.6 Å². The highest BCUT2D eigenvalue weighted by molar-refractivity contribution is 9.10. The zero-order valence-electron chi connectivity index (χ0n) is 11.4. The van der Waals surface area contributed by atoms with Crippen molar-refractivity contribution in [2.45, 2.75) is 32.2 Å². The average molecular weight is 340 g/mol. The van der Waals surface area contributed by atoms with E-state index < -0.39 is 0 Å². The van der Waals surface area contributed by atoms with Crippen molar-refractivity contribution in [3.63, 3.8) is 0 Å². The van der Waals surface area contributed by atoms with Crippen LogP contribution >= 0.6 is 27.5 Å². The molecule has 5 heteroatoms. The van der Waals surface area contributed by atoms with Crippen molar-refractivity contribution >= 4 is 27.5 Å².